The molecule has 0 aliphatic rings. The summed E-state index contributed by atoms with van der Waals surface area (Å²) >= 11 is 0. The summed E-state index contributed by atoms with van der Waals surface area (Å²) in [5, 5.41) is 10.2. The molecule has 0 bridgehead atoms. The summed E-state index contributed by atoms with van der Waals surface area (Å²) in [5.41, 5.74) is 1.17. The van der Waals surface area contributed by atoms with Crippen LogP contribution in [-0.2, 0) is 6.42 Å². The summed E-state index contributed by atoms with van der Waals surface area (Å²) in [6, 6.07) is 10.8. The zero-order valence-electron chi connectivity index (χ0n) is 11.1. The minimum atomic E-state index is -0.909. The molecule has 0 saturated carbocycles. The summed E-state index contributed by atoms with van der Waals surface area (Å²) in [7, 11) is 0. The summed E-state index contributed by atoms with van der Waals surface area (Å²) in [6.45, 7) is 2.35. The van der Waals surface area contributed by atoms with E-state index in [1.54, 1.807) is 18.2 Å². The molecule has 1 unspecified atom stereocenters. The molecule has 0 aliphatic carbocycles. The normalized spacial score (nSPS) is 12.2. The van der Waals surface area contributed by atoms with Gasteiger partial charge in [0.1, 0.15) is 5.75 Å². The van der Waals surface area contributed by atoms with E-state index in [2.05, 4.69) is 0 Å². The van der Waals surface area contributed by atoms with Crippen molar-refractivity contribution in [1.29, 1.82) is 0 Å². The van der Waals surface area contributed by atoms with Crippen molar-refractivity contribution >= 4 is 0 Å². The van der Waals surface area contributed by atoms with E-state index in [1.807, 2.05) is 13.0 Å². The molecule has 0 aliphatic heterocycles. The zero-order chi connectivity index (χ0) is 14.5. The molecule has 0 radical (unpaired) electrons. The van der Waals surface area contributed by atoms with Crippen LogP contribution >= 0.6 is 0 Å². The minimum Gasteiger partial charge on any atom is -0.493 e. The van der Waals surface area contributed by atoms with Gasteiger partial charge in [-0.25, -0.2) is 8.78 Å². The van der Waals surface area contributed by atoms with E-state index in [0.29, 0.717) is 23.5 Å². The van der Waals surface area contributed by atoms with Crippen molar-refractivity contribution in [2.45, 2.75) is 19.4 Å². The number of hydrogen-bond acceptors (Lipinski definition) is 2. The number of benzene rings is 2. The van der Waals surface area contributed by atoms with Crippen LogP contribution in [0, 0.1) is 11.6 Å². The van der Waals surface area contributed by atoms with Crippen LogP contribution in [0.1, 0.15) is 24.2 Å². The summed E-state index contributed by atoms with van der Waals surface area (Å²) in [5.74, 6) is -1.20. The van der Waals surface area contributed by atoms with Crippen molar-refractivity contribution in [3.63, 3.8) is 0 Å². The van der Waals surface area contributed by atoms with E-state index in [-0.39, 0.29) is 6.42 Å². The van der Waals surface area contributed by atoms with Crippen LogP contribution in [0.5, 0.6) is 5.75 Å². The van der Waals surface area contributed by atoms with Gasteiger partial charge >= 0.3 is 0 Å². The third kappa shape index (κ3) is 3.33. The fraction of sp³-hybridized carbons (Fsp3) is 0.250. The van der Waals surface area contributed by atoms with Gasteiger partial charge in [0.25, 0.3) is 0 Å². The van der Waals surface area contributed by atoms with Gasteiger partial charge in [-0.15, -0.1) is 0 Å². The van der Waals surface area contributed by atoms with E-state index in [0.717, 1.165) is 12.1 Å². The predicted octanol–water partition coefficient (Wildman–Crippen LogP) is 3.64. The second kappa shape index (κ2) is 6.48. The van der Waals surface area contributed by atoms with Crippen LogP contribution in [0.25, 0.3) is 0 Å². The summed E-state index contributed by atoms with van der Waals surface area (Å²) in [4.78, 5) is 0. The van der Waals surface area contributed by atoms with Gasteiger partial charge in [-0.05, 0) is 30.7 Å². The highest BCUT2D eigenvalue weighted by molar-refractivity contribution is 5.36. The molecule has 0 fully saturated rings. The smallest absolute Gasteiger partial charge is 0.159 e. The second-order valence-electron chi connectivity index (χ2n) is 4.44. The van der Waals surface area contributed by atoms with Gasteiger partial charge in [-0.3, -0.25) is 0 Å². The lowest BCUT2D eigenvalue weighted by atomic mass is 10.0. The fourth-order valence-corrected chi connectivity index (χ4v) is 2.04. The molecule has 2 rings (SSSR count). The van der Waals surface area contributed by atoms with Gasteiger partial charge in [0.15, 0.2) is 11.6 Å². The number of aliphatic hydroxyl groups is 1. The number of para-hydroxylation sites is 1. The molecular formula is C16H16F2O2. The molecule has 0 amide bonds. The number of ether oxygens (including phenoxy) is 1. The summed E-state index contributed by atoms with van der Waals surface area (Å²) < 4.78 is 31.5. The van der Waals surface area contributed by atoms with E-state index in [9.17, 15) is 13.9 Å². The maximum atomic E-state index is 13.2. The Kier molecular flexibility index (Phi) is 4.69. The van der Waals surface area contributed by atoms with Crippen molar-refractivity contribution < 1.29 is 18.6 Å². The standard InChI is InChI=1S/C16H16F2O2/c1-2-20-16-6-4-3-5-12(16)15(19)10-11-7-8-13(17)14(18)9-11/h3-9,15,19H,2,10H2,1H3. The van der Waals surface area contributed by atoms with Gasteiger partial charge in [0.05, 0.1) is 12.7 Å². The Labute approximate surface area is 116 Å². The highest BCUT2D eigenvalue weighted by Crippen LogP contribution is 2.27. The van der Waals surface area contributed by atoms with Crippen LogP contribution in [0.15, 0.2) is 42.5 Å². The predicted molar refractivity (Wildman–Crippen MR) is 72.6 cm³/mol. The molecule has 2 aromatic carbocycles. The lowest BCUT2D eigenvalue weighted by molar-refractivity contribution is 0.172. The molecule has 0 spiro atoms. The maximum Gasteiger partial charge on any atom is 0.159 e. The van der Waals surface area contributed by atoms with Crippen molar-refractivity contribution in [3.05, 3.63) is 65.2 Å². The molecular weight excluding hydrogens is 262 g/mol. The zero-order valence-corrected chi connectivity index (χ0v) is 11.1. The Hall–Kier alpha value is -1.94. The molecule has 20 heavy (non-hydrogen) atoms. The van der Waals surface area contributed by atoms with Gasteiger partial charge in [-0.1, -0.05) is 24.3 Å². The SMILES string of the molecule is CCOc1ccccc1C(O)Cc1ccc(F)c(F)c1. The van der Waals surface area contributed by atoms with Crippen LogP contribution in [0.4, 0.5) is 8.78 Å². The van der Waals surface area contributed by atoms with Gasteiger partial charge in [-0.2, -0.15) is 0 Å². The fourth-order valence-electron chi connectivity index (χ4n) is 2.04. The number of rotatable bonds is 5. The van der Waals surface area contributed by atoms with E-state index in [1.165, 1.54) is 6.07 Å². The van der Waals surface area contributed by atoms with Crippen molar-refractivity contribution in [1.82, 2.24) is 0 Å². The first-order chi connectivity index (χ1) is 9.61. The Morgan fingerprint density at radius 2 is 1.85 bits per heavy atom. The first kappa shape index (κ1) is 14.5. The minimum absolute atomic E-state index is 0.196. The highest BCUT2D eigenvalue weighted by Gasteiger charge is 2.14. The van der Waals surface area contributed by atoms with Crippen LogP contribution in [0.3, 0.4) is 0 Å². The van der Waals surface area contributed by atoms with Crippen LogP contribution in [0.2, 0.25) is 0 Å². The quantitative estimate of drug-likeness (QED) is 0.904. The Morgan fingerprint density at radius 3 is 2.55 bits per heavy atom. The van der Waals surface area contributed by atoms with Crippen LogP contribution in [-0.4, -0.2) is 11.7 Å². The third-order valence-electron chi connectivity index (χ3n) is 2.99. The molecule has 106 valence electrons. The lowest BCUT2D eigenvalue weighted by Crippen LogP contribution is -2.05. The first-order valence-corrected chi connectivity index (χ1v) is 6.45. The van der Waals surface area contributed by atoms with Gasteiger partial charge in [0.2, 0.25) is 0 Å². The monoisotopic (exact) mass is 278 g/mol. The molecule has 2 aromatic rings. The molecule has 2 nitrogen and oxygen atoms in total. The average Bonchev–Trinajstić information content (AvgIpc) is 2.44. The van der Waals surface area contributed by atoms with Crippen LogP contribution < -0.4 is 4.74 Å². The van der Waals surface area contributed by atoms with E-state index >= 15 is 0 Å². The molecule has 0 heterocycles. The molecule has 0 saturated heterocycles. The van der Waals surface area contributed by atoms with Crippen molar-refractivity contribution in [2.75, 3.05) is 6.61 Å². The first-order valence-electron chi connectivity index (χ1n) is 6.45. The highest BCUT2D eigenvalue weighted by atomic mass is 19.2. The third-order valence-corrected chi connectivity index (χ3v) is 2.99. The molecule has 1 atom stereocenters. The van der Waals surface area contributed by atoms with E-state index in [4.69, 9.17) is 4.74 Å². The number of halogens is 2. The molecule has 0 aromatic heterocycles. The summed E-state index contributed by atoms with van der Waals surface area (Å²) in [6.07, 6.45) is -0.635. The molecule has 1 N–H and O–H groups in total. The molecule has 4 heteroatoms. The average molecular weight is 278 g/mol. The Bertz CT molecular complexity index is 584. The largest absolute Gasteiger partial charge is 0.493 e. The number of aliphatic hydroxyl groups excluding tert-OH is 1. The Morgan fingerprint density at radius 1 is 1.10 bits per heavy atom. The van der Waals surface area contributed by atoms with Crippen molar-refractivity contribution in [2.24, 2.45) is 0 Å². The van der Waals surface area contributed by atoms with E-state index < -0.39 is 17.7 Å². The maximum absolute atomic E-state index is 13.2. The van der Waals surface area contributed by atoms with Gasteiger partial charge < -0.3 is 9.84 Å². The van der Waals surface area contributed by atoms with Crippen molar-refractivity contribution in [3.8, 4) is 5.75 Å². The topological polar surface area (TPSA) is 29.5 Å². The number of hydrogen-bond donors (Lipinski definition) is 1. The Balaban J connectivity index is 2.19. The van der Waals surface area contributed by atoms with Gasteiger partial charge in [0, 0.05) is 12.0 Å². The second-order valence-corrected chi connectivity index (χ2v) is 4.44. The lowest BCUT2D eigenvalue weighted by Gasteiger charge is -2.15.